The quantitative estimate of drug-likeness (QED) is 0.469. The zero-order valence-corrected chi connectivity index (χ0v) is 10.5. The molecule has 0 saturated heterocycles. The summed E-state index contributed by atoms with van der Waals surface area (Å²) >= 11 is 0. The molecule has 0 saturated carbocycles. The van der Waals surface area contributed by atoms with Crippen molar-refractivity contribution in [3.63, 3.8) is 0 Å². The number of phenolic OH excluding ortho intramolecular Hbond substituents is 2. The highest BCUT2D eigenvalue weighted by Crippen LogP contribution is 2.28. The highest BCUT2D eigenvalue weighted by atomic mass is 16.3. The van der Waals surface area contributed by atoms with Crippen LogP contribution in [0.3, 0.4) is 0 Å². The van der Waals surface area contributed by atoms with Crippen LogP contribution < -0.4 is 11.0 Å². The van der Waals surface area contributed by atoms with Gasteiger partial charge in [0.1, 0.15) is 0 Å². The Bertz CT molecular complexity index is 820. The predicted molar refractivity (Wildman–Crippen MR) is 76.0 cm³/mol. The van der Waals surface area contributed by atoms with Gasteiger partial charge in [-0.15, -0.1) is 0 Å². The molecule has 20 heavy (non-hydrogen) atoms. The molecule has 0 radical (unpaired) electrons. The van der Waals surface area contributed by atoms with E-state index in [2.05, 4.69) is 15.3 Å². The molecule has 0 aliphatic rings. The van der Waals surface area contributed by atoms with E-state index in [0.717, 1.165) is 11.2 Å². The van der Waals surface area contributed by atoms with E-state index in [1.807, 2.05) is 6.07 Å². The number of nitrogens with one attached hydrogen (secondary N) is 3. The number of rotatable bonds is 3. The molecule has 0 spiro atoms. The van der Waals surface area contributed by atoms with Crippen LogP contribution in [0, 0.1) is 0 Å². The van der Waals surface area contributed by atoms with Gasteiger partial charge in [-0.3, -0.25) is 0 Å². The lowest BCUT2D eigenvalue weighted by atomic mass is 10.2. The summed E-state index contributed by atoms with van der Waals surface area (Å²) in [4.78, 5) is 16.5. The van der Waals surface area contributed by atoms with Crippen LogP contribution in [0.5, 0.6) is 11.5 Å². The second kappa shape index (κ2) is 4.65. The maximum Gasteiger partial charge on any atom is 0.323 e. The Kier molecular flexibility index (Phi) is 2.83. The first-order chi connectivity index (χ1) is 9.63. The number of hydrogen-bond acceptors (Lipinski definition) is 4. The molecule has 1 heterocycles. The fourth-order valence-corrected chi connectivity index (χ4v) is 2.06. The third-order valence-electron chi connectivity index (χ3n) is 3.10. The molecule has 0 fully saturated rings. The number of aromatic nitrogens is 2. The van der Waals surface area contributed by atoms with Crippen LogP contribution in [0.4, 0.5) is 5.69 Å². The van der Waals surface area contributed by atoms with Crippen LogP contribution in [0.15, 0.2) is 41.2 Å². The number of imidazole rings is 1. The molecule has 0 amide bonds. The van der Waals surface area contributed by atoms with Crippen molar-refractivity contribution >= 4 is 16.7 Å². The summed E-state index contributed by atoms with van der Waals surface area (Å²) in [6, 6.07) is 10.2. The van der Waals surface area contributed by atoms with Crippen molar-refractivity contribution < 1.29 is 10.2 Å². The van der Waals surface area contributed by atoms with Gasteiger partial charge in [0.25, 0.3) is 0 Å². The molecule has 5 N–H and O–H groups in total. The molecular weight excluding hydrogens is 258 g/mol. The minimum absolute atomic E-state index is 0.129. The van der Waals surface area contributed by atoms with Gasteiger partial charge in [-0.2, -0.15) is 0 Å². The second-order valence-electron chi connectivity index (χ2n) is 4.48. The molecule has 0 bridgehead atoms. The first kappa shape index (κ1) is 12.2. The average molecular weight is 271 g/mol. The zero-order chi connectivity index (χ0) is 14.1. The number of phenols is 2. The van der Waals surface area contributed by atoms with Crippen molar-refractivity contribution in [3.05, 3.63) is 52.4 Å². The SMILES string of the molecule is O=c1[nH]c2ccc(NCc3cccc(O)c3O)cc2[nH]1. The molecule has 0 atom stereocenters. The molecule has 3 aromatic rings. The van der Waals surface area contributed by atoms with Gasteiger partial charge in [-0.25, -0.2) is 4.79 Å². The normalized spacial score (nSPS) is 10.8. The van der Waals surface area contributed by atoms with Gasteiger partial charge >= 0.3 is 5.69 Å². The summed E-state index contributed by atoms with van der Waals surface area (Å²) in [6.45, 7) is 0.362. The summed E-state index contributed by atoms with van der Waals surface area (Å²) in [7, 11) is 0. The third-order valence-corrected chi connectivity index (χ3v) is 3.10. The topological polar surface area (TPSA) is 101 Å². The van der Waals surface area contributed by atoms with Crippen LogP contribution in [0.1, 0.15) is 5.56 Å². The van der Waals surface area contributed by atoms with Crippen LogP contribution in [-0.2, 0) is 6.54 Å². The van der Waals surface area contributed by atoms with Crippen LogP contribution in [0.25, 0.3) is 11.0 Å². The van der Waals surface area contributed by atoms with Crippen LogP contribution in [-0.4, -0.2) is 20.2 Å². The van der Waals surface area contributed by atoms with Crippen molar-refractivity contribution in [3.8, 4) is 11.5 Å². The molecule has 6 heteroatoms. The molecular formula is C14H13N3O3. The first-order valence-electron chi connectivity index (χ1n) is 6.09. The second-order valence-corrected chi connectivity index (χ2v) is 4.48. The zero-order valence-electron chi connectivity index (χ0n) is 10.5. The summed E-state index contributed by atoms with van der Waals surface area (Å²) in [5.74, 6) is -0.272. The monoisotopic (exact) mass is 271 g/mol. The Morgan fingerprint density at radius 1 is 1.05 bits per heavy atom. The molecule has 0 aliphatic carbocycles. The Labute approximate surface area is 113 Å². The number of H-pyrrole nitrogens is 2. The van der Waals surface area contributed by atoms with Gasteiger partial charge in [0.05, 0.1) is 11.0 Å². The fraction of sp³-hybridized carbons (Fsp3) is 0.0714. The average Bonchev–Trinajstić information content (AvgIpc) is 2.79. The van der Waals surface area contributed by atoms with E-state index in [-0.39, 0.29) is 17.2 Å². The number of hydrogen-bond donors (Lipinski definition) is 5. The highest BCUT2D eigenvalue weighted by Gasteiger charge is 2.06. The van der Waals surface area contributed by atoms with E-state index in [1.165, 1.54) is 6.07 Å². The number of anilines is 1. The van der Waals surface area contributed by atoms with E-state index in [9.17, 15) is 15.0 Å². The Balaban J connectivity index is 1.82. The lowest BCUT2D eigenvalue weighted by Crippen LogP contribution is -2.00. The third kappa shape index (κ3) is 2.18. The van der Waals surface area contributed by atoms with Gasteiger partial charge in [0.2, 0.25) is 0 Å². The van der Waals surface area contributed by atoms with Gasteiger partial charge in [0, 0.05) is 17.8 Å². The van der Waals surface area contributed by atoms with E-state index in [0.29, 0.717) is 17.6 Å². The van der Waals surface area contributed by atoms with E-state index < -0.39 is 0 Å². The molecule has 2 aromatic carbocycles. The molecule has 102 valence electrons. The van der Waals surface area contributed by atoms with Crippen LogP contribution >= 0.6 is 0 Å². The molecule has 3 rings (SSSR count). The van der Waals surface area contributed by atoms with Crippen molar-refractivity contribution in [1.82, 2.24) is 9.97 Å². The minimum Gasteiger partial charge on any atom is -0.504 e. The highest BCUT2D eigenvalue weighted by molar-refractivity contribution is 5.78. The van der Waals surface area contributed by atoms with Gasteiger partial charge in [-0.1, -0.05) is 12.1 Å². The number of aromatic hydroxyl groups is 2. The Morgan fingerprint density at radius 3 is 2.70 bits per heavy atom. The standard InChI is InChI=1S/C14H13N3O3/c18-12-3-1-2-8(13(12)19)7-15-9-4-5-10-11(6-9)17-14(20)16-10/h1-6,15,18-19H,7H2,(H2,16,17,20). The fourth-order valence-electron chi connectivity index (χ4n) is 2.06. The van der Waals surface area contributed by atoms with E-state index in [1.54, 1.807) is 24.3 Å². The molecule has 0 unspecified atom stereocenters. The maximum absolute atomic E-state index is 11.2. The molecule has 0 aliphatic heterocycles. The van der Waals surface area contributed by atoms with Crippen molar-refractivity contribution in [2.75, 3.05) is 5.32 Å². The van der Waals surface area contributed by atoms with Gasteiger partial charge in [-0.05, 0) is 24.3 Å². The minimum atomic E-state index is -0.247. The number of para-hydroxylation sites is 1. The smallest absolute Gasteiger partial charge is 0.323 e. The number of benzene rings is 2. The predicted octanol–water partition coefficient (Wildman–Crippen LogP) is 1.88. The van der Waals surface area contributed by atoms with Crippen LogP contribution in [0.2, 0.25) is 0 Å². The maximum atomic E-state index is 11.2. The largest absolute Gasteiger partial charge is 0.504 e. The number of fused-ring (bicyclic) bond motifs is 1. The summed E-state index contributed by atoms with van der Waals surface area (Å²) < 4.78 is 0. The first-order valence-corrected chi connectivity index (χ1v) is 6.09. The van der Waals surface area contributed by atoms with E-state index >= 15 is 0 Å². The lowest BCUT2D eigenvalue weighted by molar-refractivity contribution is 0.400. The number of aromatic amines is 2. The van der Waals surface area contributed by atoms with Gasteiger partial charge in [0.15, 0.2) is 11.5 Å². The van der Waals surface area contributed by atoms with Crippen molar-refractivity contribution in [2.45, 2.75) is 6.54 Å². The lowest BCUT2D eigenvalue weighted by Gasteiger charge is -2.09. The van der Waals surface area contributed by atoms with Gasteiger partial charge < -0.3 is 25.5 Å². The molecule has 6 nitrogen and oxygen atoms in total. The summed E-state index contributed by atoms with van der Waals surface area (Å²) in [5, 5.41) is 22.3. The van der Waals surface area contributed by atoms with Crippen molar-refractivity contribution in [1.29, 1.82) is 0 Å². The van der Waals surface area contributed by atoms with Crippen molar-refractivity contribution in [2.24, 2.45) is 0 Å². The summed E-state index contributed by atoms with van der Waals surface area (Å²) in [6.07, 6.45) is 0. The molecule has 1 aromatic heterocycles. The Hall–Kier alpha value is -2.89. The Morgan fingerprint density at radius 2 is 1.85 bits per heavy atom. The summed E-state index contributed by atoms with van der Waals surface area (Å²) in [5.41, 5.74) is 2.59. The van der Waals surface area contributed by atoms with E-state index in [4.69, 9.17) is 0 Å².